The van der Waals surface area contributed by atoms with Crippen LogP contribution in [0.2, 0.25) is 0 Å². The summed E-state index contributed by atoms with van der Waals surface area (Å²) in [4.78, 5) is 15.0. The topological polar surface area (TPSA) is 29.5 Å². The van der Waals surface area contributed by atoms with Crippen molar-refractivity contribution in [2.75, 3.05) is 18.6 Å². The van der Waals surface area contributed by atoms with Crippen LogP contribution < -0.4 is 9.64 Å². The quantitative estimate of drug-likeness (QED) is 0.826. The molecule has 0 spiro atoms. The number of carbonyl (C=O) groups excluding carboxylic acids is 1. The SMILES string of the molecule is COc1ccc(C)c2c1N(C(=O)C1CCCCC1)CCC2. The number of methoxy groups -OCH3 is 1. The highest BCUT2D eigenvalue weighted by Gasteiger charge is 2.32. The van der Waals surface area contributed by atoms with Gasteiger partial charge in [0.2, 0.25) is 5.91 Å². The van der Waals surface area contributed by atoms with E-state index >= 15 is 0 Å². The molecule has 1 aliphatic carbocycles. The minimum atomic E-state index is 0.218. The molecule has 2 aliphatic rings. The molecular weight excluding hydrogens is 262 g/mol. The number of hydrogen-bond donors (Lipinski definition) is 0. The average Bonchev–Trinajstić information content (AvgIpc) is 2.55. The van der Waals surface area contributed by atoms with Crippen LogP contribution in [0.4, 0.5) is 5.69 Å². The summed E-state index contributed by atoms with van der Waals surface area (Å²) in [5, 5.41) is 0. The van der Waals surface area contributed by atoms with Crippen molar-refractivity contribution in [1.29, 1.82) is 0 Å². The van der Waals surface area contributed by atoms with E-state index in [4.69, 9.17) is 4.74 Å². The smallest absolute Gasteiger partial charge is 0.230 e. The Morgan fingerprint density at radius 3 is 2.67 bits per heavy atom. The van der Waals surface area contributed by atoms with Gasteiger partial charge in [-0.3, -0.25) is 4.79 Å². The molecule has 1 saturated carbocycles. The molecular formula is C18H25NO2. The van der Waals surface area contributed by atoms with Crippen LogP contribution in [0.3, 0.4) is 0 Å². The number of aryl methyl sites for hydroxylation is 1. The van der Waals surface area contributed by atoms with Crippen LogP contribution in [0, 0.1) is 12.8 Å². The first kappa shape index (κ1) is 14.4. The Kier molecular flexibility index (Phi) is 4.18. The third kappa shape index (κ3) is 2.66. The van der Waals surface area contributed by atoms with E-state index in [1.807, 2.05) is 11.0 Å². The van der Waals surface area contributed by atoms with Crippen LogP contribution in [0.15, 0.2) is 12.1 Å². The van der Waals surface area contributed by atoms with Crippen molar-refractivity contribution in [2.24, 2.45) is 5.92 Å². The number of ether oxygens (including phenoxy) is 1. The zero-order valence-corrected chi connectivity index (χ0v) is 13.2. The van der Waals surface area contributed by atoms with Crippen molar-refractivity contribution in [3.05, 3.63) is 23.3 Å². The predicted molar refractivity (Wildman–Crippen MR) is 85.0 cm³/mol. The van der Waals surface area contributed by atoms with Crippen LogP contribution in [0.25, 0.3) is 0 Å². The average molecular weight is 287 g/mol. The normalized spacial score (nSPS) is 19.2. The summed E-state index contributed by atoms with van der Waals surface area (Å²) in [6.45, 7) is 2.97. The molecule has 3 nitrogen and oxygen atoms in total. The summed E-state index contributed by atoms with van der Waals surface area (Å²) >= 11 is 0. The number of benzene rings is 1. The summed E-state index contributed by atoms with van der Waals surface area (Å²) in [5.74, 6) is 1.38. The van der Waals surface area contributed by atoms with Crippen LogP contribution in [0.5, 0.6) is 5.75 Å². The molecule has 1 amide bonds. The summed E-state index contributed by atoms with van der Waals surface area (Å²) in [6.07, 6.45) is 7.89. The second-order valence-corrected chi connectivity index (χ2v) is 6.34. The second kappa shape index (κ2) is 6.08. The predicted octanol–water partition coefficient (Wildman–Crippen LogP) is 3.86. The van der Waals surface area contributed by atoms with E-state index in [-0.39, 0.29) is 5.92 Å². The lowest BCUT2D eigenvalue weighted by molar-refractivity contribution is -0.123. The zero-order valence-electron chi connectivity index (χ0n) is 13.2. The van der Waals surface area contributed by atoms with Crippen molar-refractivity contribution < 1.29 is 9.53 Å². The van der Waals surface area contributed by atoms with Gasteiger partial charge in [-0.15, -0.1) is 0 Å². The molecule has 1 aromatic carbocycles. The van der Waals surface area contributed by atoms with Crippen molar-refractivity contribution in [3.63, 3.8) is 0 Å². The van der Waals surface area contributed by atoms with Crippen LogP contribution in [-0.2, 0) is 11.2 Å². The van der Waals surface area contributed by atoms with Gasteiger partial charge in [-0.1, -0.05) is 25.3 Å². The summed E-state index contributed by atoms with van der Waals surface area (Å²) in [5.41, 5.74) is 3.61. The highest BCUT2D eigenvalue weighted by molar-refractivity contribution is 5.98. The molecule has 1 fully saturated rings. The van der Waals surface area contributed by atoms with Gasteiger partial charge in [-0.2, -0.15) is 0 Å². The molecule has 3 heteroatoms. The fourth-order valence-corrected chi connectivity index (χ4v) is 3.81. The number of amides is 1. The maximum Gasteiger partial charge on any atom is 0.230 e. The van der Waals surface area contributed by atoms with E-state index in [1.54, 1.807) is 7.11 Å². The van der Waals surface area contributed by atoms with Crippen LogP contribution >= 0.6 is 0 Å². The van der Waals surface area contributed by atoms with E-state index in [0.717, 1.165) is 43.7 Å². The first-order valence-corrected chi connectivity index (χ1v) is 8.20. The Morgan fingerprint density at radius 2 is 1.95 bits per heavy atom. The minimum absolute atomic E-state index is 0.218. The molecule has 3 rings (SSSR count). The molecule has 0 N–H and O–H groups in total. The lowest BCUT2D eigenvalue weighted by atomic mass is 9.87. The second-order valence-electron chi connectivity index (χ2n) is 6.34. The summed E-state index contributed by atoms with van der Waals surface area (Å²) < 4.78 is 5.54. The lowest BCUT2D eigenvalue weighted by Gasteiger charge is -2.35. The Hall–Kier alpha value is -1.51. The van der Waals surface area contributed by atoms with E-state index in [1.165, 1.54) is 30.4 Å². The van der Waals surface area contributed by atoms with Gasteiger partial charge >= 0.3 is 0 Å². The standard InChI is InChI=1S/C18H25NO2/c1-13-10-11-16(21-2)17-15(13)9-6-12-19(17)18(20)14-7-4-3-5-8-14/h10-11,14H,3-9,12H2,1-2H3. The fraction of sp³-hybridized carbons (Fsp3) is 0.611. The van der Waals surface area contributed by atoms with Gasteiger partial charge in [0, 0.05) is 12.5 Å². The van der Waals surface area contributed by atoms with Crippen molar-refractivity contribution in [3.8, 4) is 5.75 Å². The largest absolute Gasteiger partial charge is 0.495 e. The number of carbonyl (C=O) groups is 1. The Balaban J connectivity index is 1.95. The van der Waals surface area contributed by atoms with Gasteiger partial charge in [0.15, 0.2) is 0 Å². The highest BCUT2D eigenvalue weighted by Crippen LogP contribution is 2.40. The molecule has 0 atom stereocenters. The summed E-state index contributed by atoms with van der Waals surface area (Å²) in [7, 11) is 1.70. The molecule has 0 aromatic heterocycles. The third-order valence-corrected chi connectivity index (χ3v) is 5.00. The number of nitrogens with zero attached hydrogens (tertiary/aromatic N) is 1. The van der Waals surface area contributed by atoms with E-state index in [0.29, 0.717) is 5.91 Å². The number of hydrogen-bond acceptors (Lipinski definition) is 2. The van der Waals surface area contributed by atoms with Gasteiger partial charge < -0.3 is 9.64 Å². The summed E-state index contributed by atoms with van der Waals surface area (Å²) in [6, 6.07) is 4.10. The fourth-order valence-electron chi connectivity index (χ4n) is 3.81. The van der Waals surface area contributed by atoms with E-state index in [2.05, 4.69) is 13.0 Å². The first-order chi connectivity index (χ1) is 10.2. The molecule has 1 heterocycles. The molecule has 21 heavy (non-hydrogen) atoms. The Bertz CT molecular complexity index is 532. The molecule has 0 radical (unpaired) electrons. The lowest BCUT2D eigenvalue weighted by Crippen LogP contribution is -2.40. The monoisotopic (exact) mass is 287 g/mol. The van der Waals surface area contributed by atoms with Crippen LogP contribution in [-0.4, -0.2) is 19.6 Å². The van der Waals surface area contributed by atoms with Gasteiger partial charge in [0.05, 0.1) is 12.8 Å². The van der Waals surface area contributed by atoms with Gasteiger partial charge in [0.1, 0.15) is 5.75 Å². The maximum atomic E-state index is 13.0. The third-order valence-electron chi connectivity index (χ3n) is 5.00. The molecule has 1 aromatic rings. The number of fused-ring (bicyclic) bond motifs is 1. The van der Waals surface area contributed by atoms with Gasteiger partial charge in [-0.05, 0) is 49.8 Å². The maximum absolute atomic E-state index is 13.0. The molecule has 0 saturated heterocycles. The van der Waals surface area contributed by atoms with Gasteiger partial charge in [0.25, 0.3) is 0 Å². The first-order valence-electron chi connectivity index (χ1n) is 8.20. The molecule has 114 valence electrons. The van der Waals surface area contributed by atoms with E-state index in [9.17, 15) is 4.79 Å². The Labute approximate surface area is 127 Å². The van der Waals surface area contributed by atoms with Crippen LogP contribution in [0.1, 0.15) is 49.7 Å². The van der Waals surface area contributed by atoms with Crippen molar-refractivity contribution >= 4 is 11.6 Å². The minimum Gasteiger partial charge on any atom is -0.495 e. The molecule has 0 unspecified atom stereocenters. The van der Waals surface area contributed by atoms with E-state index < -0.39 is 0 Å². The zero-order chi connectivity index (χ0) is 14.8. The molecule has 1 aliphatic heterocycles. The highest BCUT2D eigenvalue weighted by atomic mass is 16.5. The van der Waals surface area contributed by atoms with Gasteiger partial charge in [-0.25, -0.2) is 0 Å². The van der Waals surface area contributed by atoms with Crippen molar-refractivity contribution in [1.82, 2.24) is 0 Å². The van der Waals surface area contributed by atoms with Crippen molar-refractivity contribution in [2.45, 2.75) is 51.9 Å². The molecule has 0 bridgehead atoms. The Morgan fingerprint density at radius 1 is 1.19 bits per heavy atom. The number of anilines is 1. The number of rotatable bonds is 2.